The number of nitrogen functional groups attached to an aromatic ring is 1. The van der Waals surface area contributed by atoms with E-state index in [0.29, 0.717) is 24.7 Å². The molecule has 4 aromatic rings. The minimum atomic E-state index is -0.656. The number of anilines is 1. The van der Waals surface area contributed by atoms with E-state index in [1.807, 2.05) is 64.2 Å². The molecule has 9 nitrogen and oxygen atoms in total. The predicted octanol–water partition coefficient (Wildman–Crippen LogP) is 4.42. The number of hydrogen-bond acceptors (Lipinski definition) is 8. The molecule has 0 aliphatic carbocycles. The molecule has 9 heteroatoms. The van der Waals surface area contributed by atoms with E-state index in [9.17, 15) is 5.11 Å². The van der Waals surface area contributed by atoms with E-state index in [1.54, 1.807) is 6.08 Å². The first-order valence-corrected chi connectivity index (χ1v) is 12.6. The smallest absolute Gasteiger partial charge is 0.164 e. The van der Waals surface area contributed by atoms with E-state index in [4.69, 9.17) is 20.3 Å². The molecule has 1 saturated heterocycles. The Bertz CT molecular complexity index is 1330. The number of fused-ring (bicyclic) bond motifs is 1. The van der Waals surface area contributed by atoms with Crippen molar-refractivity contribution < 1.29 is 14.6 Å². The quantitative estimate of drug-likeness (QED) is 0.374. The third kappa shape index (κ3) is 5.64. The number of rotatable bonds is 6. The average Bonchev–Trinajstić information content (AvgIpc) is 3.33. The Hall–Kier alpha value is -3.79. The first kappa shape index (κ1) is 24.9. The summed E-state index contributed by atoms with van der Waals surface area (Å²) in [5.74, 6) is 1.89. The van der Waals surface area contributed by atoms with Crippen LogP contribution >= 0.6 is 0 Å². The number of aromatic nitrogens is 4. The molecule has 2 aromatic carbocycles. The number of aliphatic hydroxyl groups is 1. The van der Waals surface area contributed by atoms with Gasteiger partial charge in [-0.2, -0.15) is 5.10 Å². The maximum Gasteiger partial charge on any atom is 0.164 e. The summed E-state index contributed by atoms with van der Waals surface area (Å²) in [6, 6.07) is 17.4. The number of hydrogen-bond donors (Lipinski definition) is 2. The van der Waals surface area contributed by atoms with Gasteiger partial charge in [-0.1, -0.05) is 24.8 Å². The molecule has 3 N–H and O–H groups in total. The number of aliphatic hydroxyl groups excluding tert-OH is 1. The number of para-hydroxylation sites is 1. The van der Waals surface area contributed by atoms with E-state index in [-0.39, 0.29) is 6.04 Å². The maximum absolute atomic E-state index is 10.3. The van der Waals surface area contributed by atoms with Crippen molar-refractivity contribution in [2.75, 3.05) is 32.0 Å². The van der Waals surface area contributed by atoms with Gasteiger partial charge in [0.2, 0.25) is 0 Å². The van der Waals surface area contributed by atoms with Gasteiger partial charge in [-0.15, -0.1) is 0 Å². The van der Waals surface area contributed by atoms with Crippen LogP contribution in [0.15, 0.2) is 73.6 Å². The van der Waals surface area contributed by atoms with E-state index in [2.05, 4.69) is 16.5 Å². The van der Waals surface area contributed by atoms with Gasteiger partial charge in [-0.05, 0) is 61.7 Å². The van der Waals surface area contributed by atoms with Crippen molar-refractivity contribution in [3.8, 4) is 22.8 Å². The van der Waals surface area contributed by atoms with Crippen molar-refractivity contribution in [3.63, 3.8) is 0 Å². The highest BCUT2D eigenvalue weighted by atomic mass is 16.5. The Morgan fingerprint density at radius 2 is 1.81 bits per heavy atom. The Labute approximate surface area is 216 Å². The average molecular weight is 501 g/mol. The zero-order valence-electron chi connectivity index (χ0n) is 20.7. The molecule has 2 atom stereocenters. The summed E-state index contributed by atoms with van der Waals surface area (Å²) in [5.41, 5.74) is 8.63. The molecule has 0 bridgehead atoms. The van der Waals surface area contributed by atoms with Gasteiger partial charge in [0.1, 0.15) is 35.6 Å². The monoisotopic (exact) mass is 500 g/mol. The van der Waals surface area contributed by atoms with E-state index >= 15 is 0 Å². The number of ether oxygens (including phenoxy) is 2. The minimum Gasteiger partial charge on any atom is -0.457 e. The highest BCUT2D eigenvalue weighted by Crippen LogP contribution is 2.34. The van der Waals surface area contributed by atoms with E-state index < -0.39 is 6.23 Å². The summed E-state index contributed by atoms with van der Waals surface area (Å²) in [6.07, 6.45) is 4.88. The van der Waals surface area contributed by atoms with Crippen molar-refractivity contribution in [1.82, 2.24) is 24.6 Å². The molecule has 0 radical (unpaired) electrons. The highest BCUT2D eigenvalue weighted by molar-refractivity contribution is 5.98. The molecule has 5 rings (SSSR count). The number of nitrogens with two attached hydrogens (primary N) is 1. The summed E-state index contributed by atoms with van der Waals surface area (Å²) in [5, 5.41) is 16.0. The highest BCUT2D eigenvalue weighted by Gasteiger charge is 2.24. The fourth-order valence-electron chi connectivity index (χ4n) is 4.68. The Balaban J connectivity index is 1.43. The minimum absolute atomic E-state index is 0.0351. The second-order valence-electron chi connectivity index (χ2n) is 9.10. The lowest BCUT2D eigenvalue weighted by Crippen LogP contribution is -2.36. The van der Waals surface area contributed by atoms with Gasteiger partial charge >= 0.3 is 0 Å². The van der Waals surface area contributed by atoms with Gasteiger partial charge < -0.3 is 20.3 Å². The number of benzene rings is 2. The molecular formula is C28H32N6O3. The molecule has 2 aromatic heterocycles. The molecule has 0 amide bonds. The third-order valence-electron chi connectivity index (χ3n) is 6.58. The van der Waals surface area contributed by atoms with Crippen LogP contribution in [0.5, 0.6) is 11.5 Å². The van der Waals surface area contributed by atoms with Crippen LogP contribution in [0.25, 0.3) is 22.3 Å². The molecule has 0 saturated carbocycles. The van der Waals surface area contributed by atoms with Gasteiger partial charge in [-0.3, -0.25) is 4.90 Å². The maximum atomic E-state index is 10.3. The van der Waals surface area contributed by atoms with Crippen LogP contribution < -0.4 is 10.5 Å². The summed E-state index contributed by atoms with van der Waals surface area (Å²) in [4.78, 5) is 10.8. The molecule has 2 unspecified atom stereocenters. The lowest BCUT2D eigenvalue weighted by molar-refractivity contribution is 0.0187. The molecule has 1 aliphatic rings. The molecule has 0 spiro atoms. The zero-order chi connectivity index (χ0) is 25.6. The summed E-state index contributed by atoms with van der Waals surface area (Å²) in [7, 11) is 0. The van der Waals surface area contributed by atoms with Crippen LogP contribution in [0.3, 0.4) is 0 Å². The summed E-state index contributed by atoms with van der Waals surface area (Å²) >= 11 is 0. The molecule has 192 valence electrons. The summed E-state index contributed by atoms with van der Waals surface area (Å²) < 4.78 is 13.9. The van der Waals surface area contributed by atoms with Gasteiger partial charge in [0.05, 0.1) is 18.0 Å². The lowest BCUT2D eigenvalue weighted by atomic mass is 10.1. The third-order valence-corrected chi connectivity index (χ3v) is 6.58. The van der Waals surface area contributed by atoms with Crippen LogP contribution in [0.4, 0.5) is 5.82 Å². The molecule has 1 aliphatic heterocycles. The van der Waals surface area contributed by atoms with Gasteiger partial charge in [0, 0.05) is 25.3 Å². The van der Waals surface area contributed by atoms with Crippen molar-refractivity contribution in [2.45, 2.75) is 31.5 Å². The first-order chi connectivity index (χ1) is 18.1. The Kier molecular flexibility index (Phi) is 7.74. The van der Waals surface area contributed by atoms with Crippen molar-refractivity contribution >= 4 is 16.9 Å². The first-order valence-electron chi connectivity index (χ1n) is 12.6. The second kappa shape index (κ2) is 11.5. The van der Waals surface area contributed by atoms with Gasteiger partial charge in [0.25, 0.3) is 0 Å². The van der Waals surface area contributed by atoms with Crippen LogP contribution in [0.2, 0.25) is 0 Å². The molecule has 3 heterocycles. The molecule has 37 heavy (non-hydrogen) atoms. The number of nitrogens with zero attached hydrogens (tertiary/aromatic N) is 5. The topological polar surface area (TPSA) is 112 Å². The van der Waals surface area contributed by atoms with Crippen molar-refractivity contribution in [2.24, 2.45) is 0 Å². The van der Waals surface area contributed by atoms with Gasteiger partial charge in [-0.25, -0.2) is 14.6 Å². The van der Waals surface area contributed by atoms with E-state index in [0.717, 1.165) is 60.5 Å². The zero-order valence-corrected chi connectivity index (χ0v) is 20.7. The van der Waals surface area contributed by atoms with Crippen molar-refractivity contribution in [3.05, 3.63) is 73.6 Å². The fraction of sp³-hybridized carbons (Fsp3) is 0.321. The lowest BCUT2D eigenvalue weighted by Gasteiger charge is -2.28. The fourth-order valence-corrected chi connectivity index (χ4v) is 4.68. The van der Waals surface area contributed by atoms with Crippen molar-refractivity contribution in [1.29, 1.82) is 0 Å². The Morgan fingerprint density at radius 3 is 2.59 bits per heavy atom. The Morgan fingerprint density at radius 1 is 1.05 bits per heavy atom. The van der Waals surface area contributed by atoms with Gasteiger partial charge in [0.15, 0.2) is 5.65 Å². The van der Waals surface area contributed by atoms with E-state index in [1.165, 1.54) is 6.33 Å². The van der Waals surface area contributed by atoms with Crippen LogP contribution in [-0.2, 0) is 4.74 Å². The standard InChI is InChI=1S/C28H32N6O3/c1-2-24(35)33-15-6-8-21(18-36-17-7-16-33)34-28-25(27(29)30-19-31-28)26(32-34)20-11-13-23(14-12-20)37-22-9-4-3-5-10-22/h2-5,9-14,19,21,24,35H,1,6-8,15-18H2,(H2,29,30,31). The molecular weight excluding hydrogens is 468 g/mol. The molecule has 1 fully saturated rings. The predicted molar refractivity (Wildman–Crippen MR) is 143 cm³/mol. The van der Waals surface area contributed by atoms with Crippen LogP contribution in [0, 0.1) is 0 Å². The van der Waals surface area contributed by atoms with Crippen LogP contribution in [0.1, 0.15) is 25.3 Å². The normalized spacial score (nSPS) is 18.4. The SMILES string of the molecule is C=CC(O)N1CCCOCC(n2nc(-c3ccc(Oc4ccccc4)cc3)c3c(N)ncnc32)CCC1. The van der Waals surface area contributed by atoms with Crippen LogP contribution in [-0.4, -0.2) is 62.3 Å². The summed E-state index contributed by atoms with van der Waals surface area (Å²) in [6.45, 7) is 6.37. The second-order valence-corrected chi connectivity index (χ2v) is 9.10. The largest absolute Gasteiger partial charge is 0.457 e.